The molecule has 3 amide bonds. The van der Waals surface area contributed by atoms with E-state index in [1.54, 1.807) is 4.90 Å². The average molecular weight is 579 g/mol. The zero-order valence-electron chi connectivity index (χ0n) is 26.3. The number of hydrogen-bond donors (Lipinski definition) is 2. The lowest BCUT2D eigenvalue weighted by Crippen LogP contribution is -2.58. The maximum absolute atomic E-state index is 14.3. The second-order valence-corrected chi connectivity index (χ2v) is 13.2. The van der Waals surface area contributed by atoms with Crippen LogP contribution < -0.4 is 10.6 Å². The number of fused-ring (bicyclic) bond motifs is 1. The molecule has 1 aromatic carbocycles. The number of likely N-dealkylation sites (tertiary alicyclic amines) is 1. The van der Waals surface area contributed by atoms with E-state index in [9.17, 15) is 14.4 Å². The minimum atomic E-state index is -1.14. The third-order valence-corrected chi connectivity index (χ3v) is 10.5. The fraction of sp³-hybridized carbons (Fsp3) is 0.676. The van der Waals surface area contributed by atoms with Crippen molar-refractivity contribution in [2.24, 2.45) is 23.7 Å². The van der Waals surface area contributed by atoms with Gasteiger partial charge in [0.2, 0.25) is 17.7 Å². The Bertz CT molecular complexity index is 1210. The number of rotatable bonds is 11. The van der Waals surface area contributed by atoms with Gasteiger partial charge in [0.05, 0.1) is 17.9 Å². The molecule has 230 valence electrons. The Morgan fingerprint density at radius 2 is 1.79 bits per heavy atom. The molecule has 8 heteroatoms. The van der Waals surface area contributed by atoms with Crippen molar-refractivity contribution < 1.29 is 19.1 Å². The summed E-state index contributed by atoms with van der Waals surface area (Å²) in [5.74, 6) is -1.08. The third kappa shape index (κ3) is 5.52. The van der Waals surface area contributed by atoms with Gasteiger partial charge in [-0.3, -0.25) is 14.4 Å². The van der Waals surface area contributed by atoms with Crippen LogP contribution in [0, 0.1) is 37.5 Å². The topological polar surface area (TPSA) is 91.0 Å². The number of hydrogen-bond acceptors (Lipinski definition) is 5. The highest BCUT2D eigenvalue weighted by Crippen LogP contribution is 2.55. The van der Waals surface area contributed by atoms with Crippen molar-refractivity contribution >= 4 is 23.4 Å². The number of benzene rings is 1. The van der Waals surface area contributed by atoms with Crippen molar-refractivity contribution in [1.29, 1.82) is 0 Å². The molecule has 1 spiro atoms. The second-order valence-electron chi connectivity index (χ2n) is 13.2. The number of amides is 3. The van der Waals surface area contributed by atoms with Gasteiger partial charge < -0.3 is 25.2 Å². The van der Waals surface area contributed by atoms with Crippen molar-refractivity contribution in [3.63, 3.8) is 0 Å². The number of nitrogens with zero attached hydrogens (tertiary/aromatic N) is 2. The predicted octanol–water partition coefficient (Wildman–Crippen LogP) is 4.46. The number of aryl methyl sites for hydroxylation is 2. The quantitative estimate of drug-likeness (QED) is 0.379. The van der Waals surface area contributed by atoms with Crippen LogP contribution in [-0.4, -0.2) is 77.5 Å². The molecule has 2 N–H and O–H groups in total. The van der Waals surface area contributed by atoms with Crippen molar-refractivity contribution in [2.75, 3.05) is 31.5 Å². The summed E-state index contributed by atoms with van der Waals surface area (Å²) in [5.41, 5.74) is 1.80. The molecule has 1 aromatic rings. The average Bonchev–Trinajstić information content (AvgIpc) is 3.59. The highest BCUT2D eigenvalue weighted by atomic mass is 16.5. The summed E-state index contributed by atoms with van der Waals surface area (Å²) in [5, 5.41) is 6.41. The van der Waals surface area contributed by atoms with Crippen molar-refractivity contribution in [3.05, 3.63) is 41.5 Å². The van der Waals surface area contributed by atoms with Gasteiger partial charge in [0, 0.05) is 24.8 Å². The summed E-state index contributed by atoms with van der Waals surface area (Å²) in [6.45, 7) is 15.8. The van der Waals surface area contributed by atoms with E-state index in [2.05, 4.69) is 43.2 Å². The minimum absolute atomic E-state index is 0.0665. The first-order chi connectivity index (χ1) is 20.1. The Hall–Kier alpha value is -2.71. The van der Waals surface area contributed by atoms with Gasteiger partial charge in [0.25, 0.3) is 0 Å². The molecule has 2 saturated heterocycles. The van der Waals surface area contributed by atoms with E-state index in [4.69, 9.17) is 4.74 Å². The number of nitrogens with one attached hydrogen (secondary N) is 2. The molecule has 5 rings (SSSR count). The normalized spacial score (nSPS) is 33.4. The lowest BCUT2D eigenvalue weighted by molar-refractivity contribution is -0.141. The maximum Gasteiger partial charge on any atom is 0.246 e. The molecule has 8 atom stereocenters. The van der Waals surface area contributed by atoms with Crippen LogP contribution in [0.5, 0.6) is 0 Å². The second kappa shape index (κ2) is 12.5. The molecule has 42 heavy (non-hydrogen) atoms. The molecule has 1 aliphatic carbocycles. The van der Waals surface area contributed by atoms with Gasteiger partial charge in [-0.2, -0.15) is 0 Å². The van der Waals surface area contributed by atoms with E-state index >= 15 is 0 Å². The molecule has 3 aliphatic heterocycles. The molecular weight excluding hydrogens is 528 g/mol. The Kier molecular flexibility index (Phi) is 9.14. The molecule has 8 nitrogen and oxygen atoms in total. The number of ether oxygens (including phenoxy) is 1. The van der Waals surface area contributed by atoms with Crippen LogP contribution in [0.25, 0.3) is 0 Å². The molecule has 1 saturated carbocycles. The summed E-state index contributed by atoms with van der Waals surface area (Å²) in [4.78, 5) is 46.5. The Balaban J connectivity index is 1.43. The van der Waals surface area contributed by atoms with Crippen molar-refractivity contribution in [1.82, 2.24) is 15.1 Å². The van der Waals surface area contributed by atoms with E-state index in [-0.39, 0.29) is 23.8 Å². The summed E-state index contributed by atoms with van der Waals surface area (Å²) in [6, 6.07) is 5.09. The van der Waals surface area contributed by atoms with E-state index in [0.29, 0.717) is 30.6 Å². The van der Waals surface area contributed by atoms with Gasteiger partial charge in [0.1, 0.15) is 11.6 Å². The van der Waals surface area contributed by atoms with Crippen LogP contribution in [-0.2, 0) is 19.1 Å². The molecule has 0 radical (unpaired) electrons. The van der Waals surface area contributed by atoms with Crippen LogP contribution >= 0.6 is 0 Å². The minimum Gasteiger partial charge on any atom is -0.359 e. The molecule has 0 unspecified atom stereocenters. The van der Waals surface area contributed by atoms with Crippen LogP contribution in [0.15, 0.2) is 30.4 Å². The summed E-state index contributed by atoms with van der Waals surface area (Å²) >= 11 is 0. The molecule has 0 aromatic heterocycles. The zero-order valence-corrected chi connectivity index (χ0v) is 26.3. The van der Waals surface area contributed by atoms with E-state index in [1.807, 2.05) is 44.2 Å². The van der Waals surface area contributed by atoms with Crippen LogP contribution in [0.2, 0.25) is 0 Å². The largest absolute Gasteiger partial charge is 0.359 e. The van der Waals surface area contributed by atoms with Crippen LogP contribution in [0.1, 0.15) is 70.9 Å². The van der Waals surface area contributed by atoms with Gasteiger partial charge in [-0.15, -0.1) is 0 Å². The first-order valence-corrected chi connectivity index (χ1v) is 16.2. The summed E-state index contributed by atoms with van der Waals surface area (Å²) < 4.78 is 6.56. The van der Waals surface area contributed by atoms with E-state index in [1.165, 1.54) is 6.42 Å². The molecule has 3 fully saturated rings. The highest BCUT2D eigenvalue weighted by molar-refractivity contribution is 6.02. The van der Waals surface area contributed by atoms with Gasteiger partial charge in [-0.25, -0.2) is 0 Å². The van der Waals surface area contributed by atoms with Crippen molar-refractivity contribution in [2.45, 2.75) is 97.4 Å². The van der Waals surface area contributed by atoms with Crippen LogP contribution in [0.3, 0.4) is 0 Å². The van der Waals surface area contributed by atoms with Crippen molar-refractivity contribution in [3.8, 4) is 0 Å². The lowest BCUT2D eigenvalue weighted by atomic mass is 9.73. The molecule has 2 bridgehead atoms. The summed E-state index contributed by atoms with van der Waals surface area (Å²) in [7, 11) is 0. The highest BCUT2D eigenvalue weighted by Gasteiger charge is 2.72. The molecule has 4 aliphatic rings. The zero-order chi connectivity index (χ0) is 30.2. The molecule has 3 heterocycles. The van der Waals surface area contributed by atoms with Gasteiger partial charge in [-0.1, -0.05) is 58.8 Å². The first-order valence-electron chi connectivity index (χ1n) is 16.2. The number of carbonyl (C=O) groups excluding carboxylic acids is 3. The lowest BCUT2D eigenvalue weighted by Gasteiger charge is -2.38. The Labute approximate surface area is 251 Å². The SMILES string of the molecule is CCCN(CCC)CCN1C(=O)[C@@H]2[C@H](C(=O)Nc3ccc(C)c(C)c3)[C@@H]3C=C[C@@]2(O3)[C@@H]1C(=O)N[C@@H]1CCC[C@@H](C)[C@H]1C. The number of carbonyl (C=O) groups is 3. The Morgan fingerprint density at radius 3 is 2.48 bits per heavy atom. The van der Waals surface area contributed by atoms with Gasteiger partial charge >= 0.3 is 0 Å². The van der Waals surface area contributed by atoms with Gasteiger partial charge in [-0.05, 0) is 81.3 Å². The van der Waals surface area contributed by atoms with E-state index in [0.717, 1.165) is 49.9 Å². The number of anilines is 1. The fourth-order valence-electron chi connectivity index (χ4n) is 7.82. The van der Waals surface area contributed by atoms with E-state index < -0.39 is 29.6 Å². The standard InChI is InChI=1S/C34H50N4O4/c1-7-16-37(17-8-2)18-19-38-30(32(40)36-26-11-9-10-22(4)24(26)6)34-15-14-27(42-34)28(29(34)33(38)41)31(39)35-25-13-12-21(3)23(5)20-25/h12-15,20,22,24,26-30H,7-11,16-19H2,1-6H3,(H,35,39)(H,36,40)/t22-,24-,26-,27+,28-,29+,30+,34+/m1/s1. The Morgan fingerprint density at radius 1 is 1.05 bits per heavy atom. The summed E-state index contributed by atoms with van der Waals surface area (Å²) in [6.07, 6.45) is 8.51. The van der Waals surface area contributed by atoms with Gasteiger partial charge in [0.15, 0.2) is 0 Å². The third-order valence-electron chi connectivity index (χ3n) is 10.5. The first kappa shape index (κ1) is 30.7. The van der Waals surface area contributed by atoms with Crippen LogP contribution in [0.4, 0.5) is 5.69 Å². The maximum atomic E-state index is 14.3. The fourth-order valence-corrected chi connectivity index (χ4v) is 7.82. The molecular formula is C34H50N4O4. The monoisotopic (exact) mass is 578 g/mol. The smallest absolute Gasteiger partial charge is 0.246 e. The predicted molar refractivity (Wildman–Crippen MR) is 165 cm³/mol.